The fourth-order valence-corrected chi connectivity index (χ4v) is 2.97. The lowest BCUT2D eigenvalue weighted by Crippen LogP contribution is -2.35. The van der Waals surface area contributed by atoms with Crippen molar-refractivity contribution in [2.75, 3.05) is 0 Å². The van der Waals surface area contributed by atoms with Crippen LogP contribution in [0.2, 0.25) is 0 Å². The lowest BCUT2D eigenvalue weighted by molar-refractivity contribution is -0.127. The van der Waals surface area contributed by atoms with Crippen molar-refractivity contribution in [3.8, 4) is 0 Å². The molecule has 76 valence electrons. The zero-order chi connectivity index (χ0) is 9.71. The van der Waals surface area contributed by atoms with Crippen LogP contribution in [0.4, 0.5) is 0 Å². The average Bonchev–Trinajstić information content (AvgIpc) is 2.99. The van der Waals surface area contributed by atoms with E-state index in [1.54, 1.807) is 0 Å². The van der Waals surface area contributed by atoms with Gasteiger partial charge in [-0.1, -0.05) is 0 Å². The molecule has 0 N–H and O–H groups in total. The summed E-state index contributed by atoms with van der Waals surface area (Å²) in [5.41, 5.74) is 2.64. The molecule has 1 heterocycles. The van der Waals surface area contributed by atoms with Gasteiger partial charge in [0.15, 0.2) is 0 Å². The smallest absolute Gasteiger partial charge is 0.250 e. The number of hydrogen-bond donors (Lipinski definition) is 0. The van der Waals surface area contributed by atoms with Gasteiger partial charge in [-0.25, -0.2) is 0 Å². The molecule has 1 saturated carbocycles. The van der Waals surface area contributed by atoms with Crippen molar-refractivity contribution in [3.63, 3.8) is 0 Å². The van der Waals surface area contributed by atoms with Gasteiger partial charge in [-0.05, 0) is 51.0 Å². The summed E-state index contributed by atoms with van der Waals surface area (Å²) in [5.74, 6) is 0.370. The minimum absolute atomic E-state index is 0.370. The molecule has 0 bridgehead atoms. The van der Waals surface area contributed by atoms with E-state index < -0.39 is 0 Å². The molecule has 0 aromatic carbocycles. The molecule has 1 unspecified atom stereocenters. The van der Waals surface area contributed by atoms with Crippen LogP contribution in [0.1, 0.15) is 45.4 Å². The lowest BCUT2D eigenvalue weighted by atomic mass is 9.91. The monoisotopic (exact) mass is 191 g/mol. The number of nitrogens with zero attached hydrogens (tertiary/aromatic N) is 1. The van der Waals surface area contributed by atoms with Crippen molar-refractivity contribution in [2.24, 2.45) is 0 Å². The van der Waals surface area contributed by atoms with Gasteiger partial charge in [-0.3, -0.25) is 4.79 Å². The van der Waals surface area contributed by atoms with Crippen molar-refractivity contribution < 1.29 is 4.79 Å². The quantitative estimate of drug-likeness (QED) is 0.622. The molecule has 1 atom stereocenters. The Morgan fingerprint density at radius 3 is 2.57 bits per heavy atom. The van der Waals surface area contributed by atoms with Crippen molar-refractivity contribution in [1.29, 1.82) is 0 Å². The predicted octanol–water partition coefficient (Wildman–Crippen LogP) is 2.25. The van der Waals surface area contributed by atoms with E-state index in [2.05, 4.69) is 11.8 Å². The van der Waals surface area contributed by atoms with Crippen LogP contribution >= 0.6 is 0 Å². The highest BCUT2D eigenvalue weighted by Gasteiger charge is 2.44. The van der Waals surface area contributed by atoms with Gasteiger partial charge in [-0.15, -0.1) is 0 Å². The Bertz CT molecular complexity index is 314. The Morgan fingerprint density at radius 1 is 1.21 bits per heavy atom. The van der Waals surface area contributed by atoms with Crippen LogP contribution in [0, 0.1) is 0 Å². The van der Waals surface area contributed by atoms with Gasteiger partial charge in [0, 0.05) is 11.6 Å². The van der Waals surface area contributed by atoms with Gasteiger partial charge in [0.25, 0.3) is 5.91 Å². The summed E-state index contributed by atoms with van der Waals surface area (Å²) in [7, 11) is 0. The van der Waals surface area contributed by atoms with E-state index in [4.69, 9.17) is 0 Å². The Hall–Kier alpha value is -0.790. The van der Waals surface area contributed by atoms with Gasteiger partial charge < -0.3 is 4.90 Å². The topological polar surface area (TPSA) is 20.3 Å². The second-order valence-electron chi connectivity index (χ2n) is 4.83. The SMILES string of the molecule is CC1C2=C(CCCC2)C(=O)N1C1CC1. The Labute approximate surface area is 85.0 Å². The van der Waals surface area contributed by atoms with E-state index in [-0.39, 0.29) is 0 Å². The van der Waals surface area contributed by atoms with E-state index in [1.165, 1.54) is 43.3 Å². The summed E-state index contributed by atoms with van der Waals surface area (Å²) >= 11 is 0. The number of rotatable bonds is 1. The minimum Gasteiger partial charge on any atom is -0.329 e. The third-order valence-electron chi connectivity index (χ3n) is 3.86. The number of carbonyl (C=O) groups is 1. The third-order valence-corrected chi connectivity index (χ3v) is 3.86. The first-order chi connectivity index (χ1) is 6.79. The first-order valence-electron chi connectivity index (χ1n) is 5.83. The molecule has 2 heteroatoms. The molecule has 1 amide bonds. The summed E-state index contributed by atoms with van der Waals surface area (Å²) in [4.78, 5) is 14.2. The third kappa shape index (κ3) is 1.06. The Kier molecular flexibility index (Phi) is 1.73. The fourth-order valence-electron chi connectivity index (χ4n) is 2.97. The molecule has 0 saturated heterocycles. The fraction of sp³-hybridized carbons (Fsp3) is 0.750. The van der Waals surface area contributed by atoms with E-state index in [9.17, 15) is 4.79 Å². The number of hydrogen-bond acceptors (Lipinski definition) is 1. The summed E-state index contributed by atoms with van der Waals surface area (Å²) in [6, 6.07) is 1.01. The standard InChI is InChI=1S/C12H17NO/c1-8-10-4-2-3-5-11(10)12(14)13(8)9-6-7-9/h8-9H,2-7H2,1H3. The predicted molar refractivity (Wildman–Crippen MR) is 54.8 cm³/mol. The van der Waals surface area contributed by atoms with Crippen LogP contribution in [0.3, 0.4) is 0 Å². The van der Waals surface area contributed by atoms with Gasteiger partial charge in [0.05, 0.1) is 6.04 Å². The van der Waals surface area contributed by atoms with E-state index >= 15 is 0 Å². The lowest BCUT2D eigenvalue weighted by Gasteiger charge is -2.23. The maximum atomic E-state index is 12.1. The zero-order valence-corrected chi connectivity index (χ0v) is 8.75. The van der Waals surface area contributed by atoms with Crippen molar-refractivity contribution in [2.45, 2.75) is 57.5 Å². The molecule has 1 aliphatic heterocycles. The van der Waals surface area contributed by atoms with Crippen molar-refractivity contribution >= 4 is 5.91 Å². The number of amides is 1. The van der Waals surface area contributed by atoms with Gasteiger partial charge in [-0.2, -0.15) is 0 Å². The first-order valence-corrected chi connectivity index (χ1v) is 5.83. The van der Waals surface area contributed by atoms with Gasteiger partial charge in [0.1, 0.15) is 0 Å². The number of carbonyl (C=O) groups excluding carboxylic acids is 1. The van der Waals surface area contributed by atoms with E-state index in [1.807, 2.05) is 0 Å². The highest BCUT2D eigenvalue weighted by Crippen LogP contribution is 2.41. The van der Waals surface area contributed by atoms with Crippen LogP contribution in [-0.4, -0.2) is 22.9 Å². The van der Waals surface area contributed by atoms with Crippen molar-refractivity contribution in [1.82, 2.24) is 4.90 Å². The second kappa shape index (κ2) is 2.85. The van der Waals surface area contributed by atoms with Crippen LogP contribution in [0.25, 0.3) is 0 Å². The molecule has 1 fully saturated rings. The van der Waals surface area contributed by atoms with Gasteiger partial charge in [0.2, 0.25) is 0 Å². The zero-order valence-electron chi connectivity index (χ0n) is 8.75. The molecule has 0 aromatic rings. The molecular formula is C12H17NO. The first kappa shape index (κ1) is 8.51. The second-order valence-corrected chi connectivity index (χ2v) is 4.83. The van der Waals surface area contributed by atoms with Crippen molar-refractivity contribution in [3.05, 3.63) is 11.1 Å². The Balaban J connectivity index is 1.92. The molecule has 2 nitrogen and oxygen atoms in total. The minimum atomic E-state index is 0.370. The summed E-state index contributed by atoms with van der Waals surface area (Å²) in [6.07, 6.45) is 7.19. The molecule has 0 aromatic heterocycles. The molecule has 3 rings (SSSR count). The summed E-state index contributed by atoms with van der Waals surface area (Å²) < 4.78 is 0. The highest BCUT2D eigenvalue weighted by atomic mass is 16.2. The summed E-state index contributed by atoms with van der Waals surface area (Å²) in [6.45, 7) is 2.21. The van der Waals surface area contributed by atoms with Crippen LogP contribution in [0.15, 0.2) is 11.1 Å². The largest absolute Gasteiger partial charge is 0.329 e. The maximum Gasteiger partial charge on any atom is 0.250 e. The van der Waals surface area contributed by atoms with Crippen LogP contribution < -0.4 is 0 Å². The molecular weight excluding hydrogens is 174 g/mol. The molecule has 0 spiro atoms. The molecule has 3 aliphatic rings. The molecule has 2 aliphatic carbocycles. The van der Waals surface area contributed by atoms with Gasteiger partial charge >= 0.3 is 0 Å². The molecule has 14 heavy (non-hydrogen) atoms. The summed E-state index contributed by atoms with van der Waals surface area (Å²) in [5, 5.41) is 0. The maximum absolute atomic E-state index is 12.1. The average molecular weight is 191 g/mol. The highest BCUT2D eigenvalue weighted by molar-refractivity contribution is 5.98. The van der Waals surface area contributed by atoms with Crippen LogP contribution in [0.5, 0.6) is 0 Å². The van der Waals surface area contributed by atoms with Crippen LogP contribution in [-0.2, 0) is 4.79 Å². The normalized spacial score (nSPS) is 32.5. The van der Waals surface area contributed by atoms with E-state index in [0.717, 1.165) is 6.42 Å². The van der Waals surface area contributed by atoms with E-state index in [0.29, 0.717) is 18.0 Å². The Morgan fingerprint density at radius 2 is 1.93 bits per heavy atom. The molecule has 0 radical (unpaired) electrons.